The fraction of sp³-hybridized carbons (Fsp3) is 0.727. The second kappa shape index (κ2) is 5.05. The zero-order valence-corrected chi connectivity index (χ0v) is 10.7. The average Bonchev–Trinajstić information content (AvgIpc) is 2.62. The van der Waals surface area contributed by atoms with Gasteiger partial charge in [0.05, 0.1) is 16.7 Å². The van der Waals surface area contributed by atoms with E-state index in [1.165, 1.54) is 0 Å². The Labute approximate surface area is 95.7 Å². The summed E-state index contributed by atoms with van der Waals surface area (Å²) in [4.78, 5) is 4.57. The number of methoxy groups -OCH3 is 1. The Morgan fingerprint density at radius 1 is 1.53 bits per heavy atom. The van der Waals surface area contributed by atoms with Crippen LogP contribution < -0.4 is 5.73 Å². The third kappa shape index (κ3) is 3.55. The third-order valence-electron chi connectivity index (χ3n) is 2.18. The van der Waals surface area contributed by atoms with E-state index in [-0.39, 0.29) is 11.5 Å². The first-order valence-corrected chi connectivity index (χ1v) is 6.03. The maximum atomic E-state index is 6.00. The molecular weight excluding hydrogens is 208 g/mol. The van der Waals surface area contributed by atoms with E-state index in [2.05, 4.69) is 31.1 Å². The summed E-state index contributed by atoms with van der Waals surface area (Å²) in [5, 5.41) is 3.20. The van der Waals surface area contributed by atoms with Crippen LogP contribution in [0.25, 0.3) is 0 Å². The molecule has 0 aliphatic heterocycles. The van der Waals surface area contributed by atoms with Crippen molar-refractivity contribution in [3.05, 3.63) is 16.1 Å². The van der Waals surface area contributed by atoms with Gasteiger partial charge >= 0.3 is 0 Å². The van der Waals surface area contributed by atoms with Crippen LogP contribution >= 0.6 is 11.3 Å². The van der Waals surface area contributed by atoms with Crippen LogP contribution in [0.15, 0.2) is 5.38 Å². The quantitative estimate of drug-likeness (QED) is 0.861. The molecule has 2 N–H and O–H groups in total. The molecule has 3 nitrogen and oxygen atoms in total. The van der Waals surface area contributed by atoms with Crippen LogP contribution in [0.5, 0.6) is 0 Å². The predicted octanol–water partition coefficient (Wildman–Crippen LogP) is 2.48. The maximum absolute atomic E-state index is 6.00. The summed E-state index contributed by atoms with van der Waals surface area (Å²) >= 11 is 1.69. The number of nitrogens with zero attached hydrogens (tertiary/aromatic N) is 1. The lowest BCUT2D eigenvalue weighted by Gasteiger charge is -2.14. The molecule has 0 aliphatic rings. The highest BCUT2D eigenvalue weighted by Crippen LogP contribution is 2.27. The molecule has 0 amide bonds. The fourth-order valence-corrected chi connectivity index (χ4v) is 2.17. The van der Waals surface area contributed by atoms with Crippen molar-refractivity contribution in [2.24, 2.45) is 5.73 Å². The van der Waals surface area contributed by atoms with Crippen molar-refractivity contribution in [3.63, 3.8) is 0 Å². The molecule has 1 rings (SSSR count). The second-order valence-electron chi connectivity index (χ2n) is 4.72. The van der Waals surface area contributed by atoms with Crippen LogP contribution in [0.3, 0.4) is 0 Å². The van der Waals surface area contributed by atoms with E-state index < -0.39 is 0 Å². The Hall–Kier alpha value is -0.450. The molecule has 0 aliphatic carbocycles. The van der Waals surface area contributed by atoms with E-state index in [1.54, 1.807) is 18.4 Å². The maximum Gasteiger partial charge on any atom is 0.0982 e. The van der Waals surface area contributed by atoms with Gasteiger partial charge in [0.2, 0.25) is 0 Å². The van der Waals surface area contributed by atoms with Crippen molar-refractivity contribution >= 4 is 11.3 Å². The van der Waals surface area contributed by atoms with Gasteiger partial charge in [-0.05, 0) is 6.42 Å². The highest BCUT2D eigenvalue weighted by molar-refractivity contribution is 7.09. The third-order valence-corrected chi connectivity index (χ3v) is 3.46. The molecular formula is C11H20N2OS. The molecule has 1 atom stereocenters. The first kappa shape index (κ1) is 12.6. The molecule has 0 fully saturated rings. The summed E-state index contributed by atoms with van der Waals surface area (Å²) < 4.78 is 5.00. The van der Waals surface area contributed by atoms with Crippen LogP contribution in [0, 0.1) is 0 Å². The number of hydrogen-bond acceptors (Lipinski definition) is 4. The zero-order chi connectivity index (χ0) is 11.5. The van der Waals surface area contributed by atoms with Gasteiger partial charge in [-0.15, -0.1) is 11.3 Å². The summed E-state index contributed by atoms with van der Waals surface area (Å²) in [6.07, 6.45) is 0.823. The Balaban J connectivity index is 2.67. The molecule has 0 radical (unpaired) electrons. The summed E-state index contributed by atoms with van der Waals surface area (Å²) in [7, 11) is 1.69. The van der Waals surface area contributed by atoms with Crippen molar-refractivity contribution in [2.75, 3.05) is 13.7 Å². The highest BCUT2D eigenvalue weighted by atomic mass is 32.1. The minimum Gasteiger partial charge on any atom is -0.385 e. The number of thiazole rings is 1. The number of ether oxygens (including phenoxy) is 1. The zero-order valence-electron chi connectivity index (χ0n) is 9.91. The Kier molecular flexibility index (Phi) is 4.25. The van der Waals surface area contributed by atoms with Gasteiger partial charge in [0.15, 0.2) is 0 Å². The molecule has 0 saturated carbocycles. The van der Waals surface area contributed by atoms with Crippen LogP contribution in [0.1, 0.15) is 43.9 Å². The molecule has 0 aromatic carbocycles. The van der Waals surface area contributed by atoms with Gasteiger partial charge in [-0.1, -0.05) is 20.8 Å². The van der Waals surface area contributed by atoms with Crippen molar-refractivity contribution in [1.29, 1.82) is 0 Å². The number of aromatic nitrogens is 1. The molecule has 1 aromatic heterocycles. The lowest BCUT2D eigenvalue weighted by Crippen LogP contribution is -2.15. The van der Waals surface area contributed by atoms with Crippen LogP contribution in [0.2, 0.25) is 0 Å². The van der Waals surface area contributed by atoms with E-state index in [4.69, 9.17) is 10.5 Å². The minimum absolute atomic E-state index is 0.00250. The number of hydrogen-bond donors (Lipinski definition) is 1. The molecule has 1 unspecified atom stereocenters. The summed E-state index contributed by atoms with van der Waals surface area (Å²) in [5.41, 5.74) is 7.10. The SMILES string of the molecule is COCCC(N)c1csc(C(C)(C)C)n1. The Morgan fingerprint density at radius 2 is 2.20 bits per heavy atom. The standard InChI is InChI=1S/C11H20N2OS/c1-11(2,3)10-13-9(7-15-10)8(12)5-6-14-4/h7-8H,5-6,12H2,1-4H3. The smallest absolute Gasteiger partial charge is 0.0982 e. The monoisotopic (exact) mass is 228 g/mol. The molecule has 0 spiro atoms. The van der Waals surface area contributed by atoms with E-state index in [1.807, 2.05) is 0 Å². The Bertz CT molecular complexity index is 304. The van der Waals surface area contributed by atoms with Gasteiger partial charge in [-0.25, -0.2) is 4.98 Å². The van der Waals surface area contributed by atoms with E-state index in [9.17, 15) is 0 Å². The topological polar surface area (TPSA) is 48.1 Å². The second-order valence-corrected chi connectivity index (χ2v) is 5.57. The van der Waals surface area contributed by atoms with Gasteiger partial charge in [0.25, 0.3) is 0 Å². The number of nitrogens with two attached hydrogens (primary N) is 1. The molecule has 86 valence electrons. The average molecular weight is 228 g/mol. The van der Waals surface area contributed by atoms with Gasteiger partial charge < -0.3 is 10.5 Å². The molecule has 1 heterocycles. The first-order chi connectivity index (χ1) is 6.95. The van der Waals surface area contributed by atoms with Crippen LogP contribution in [-0.2, 0) is 10.2 Å². The predicted molar refractivity (Wildman–Crippen MR) is 64.2 cm³/mol. The van der Waals surface area contributed by atoms with Crippen molar-refractivity contribution in [1.82, 2.24) is 4.98 Å². The molecule has 1 aromatic rings. The number of rotatable bonds is 4. The Morgan fingerprint density at radius 3 is 2.67 bits per heavy atom. The summed E-state index contributed by atoms with van der Waals surface area (Å²) in [6, 6.07) is -0.00250. The first-order valence-electron chi connectivity index (χ1n) is 5.15. The van der Waals surface area contributed by atoms with Gasteiger partial charge in [-0.2, -0.15) is 0 Å². The van der Waals surface area contributed by atoms with E-state index >= 15 is 0 Å². The fourth-order valence-electron chi connectivity index (χ4n) is 1.19. The molecule has 0 saturated heterocycles. The summed E-state index contributed by atoms with van der Waals surface area (Å²) in [6.45, 7) is 7.17. The summed E-state index contributed by atoms with van der Waals surface area (Å²) in [5.74, 6) is 0. The largest absolute Gasteiger partial charge is 0.385 e. The van der Waals surface area contributed by atoms with E-state index in [0.29, 0.717) is 6.61 Å². The lowest BCUT2D eigenvalue weighted by molar-refractivity contribution is 0.187. The van der Waals surface area contributed by atoms with Crippen molar-refractivity contribution in [2.45, 2.75) is 38.6 Å². The van der Waals surface area contributed by atoms with Crippen molar-refractivity contribution < 1.29 is 4.74 Å². The molecule has 15 heavy (non-hydrogen) atoms. The van der Waals surface area contributed by atoms with E-state index in [0.717, 1.165) is 17.1 Å². The molecule has 4 heteroatoms. The van der Waals surface area contributed by atoms with Gasteiger partial charge in [0.1, 0.15) is 0 Å². The molecule has 0 bridgehead atoms. The lowest BCUT2D eigenvalue weighted by atomic mass is 9.98. The van der Waals surface area contributed by atoms with Crippen LogP contribution in [0.4, 0.5) is 0 Å². The van der Waals surface area contributed by atoms with Crippen molar-refractivity contribution in [3.8, 4) is 0 Å². The normalized spacial score (nSPS) is 14.2. The minimum atomic E-state index is -0.00250. The van der Waals surface area contributed by atoms with Crippen LogP contribution in [-0.4, -0.2) is 18.7 Å². The van der Waals surface area contributed by atoms with Gasteiger partial charge in [0, 0.05) is 24.5 Å². The van der Waals surface area contributed by atoms with Gasteiger partial charge in [-0.3, -0.25) is 0 Å². The highest BCUT2D eigenvalue weighted by Gasteiger charge is 2.19.